The average Bonchev–Trinajstić information content (AvgIpc) is 2.61. The fourth-order valence-corrected chi connectivity index (χ4v) is 2.74. The first kappa shape index (κ1) is 15.8. The molecule has 1 N–H and O–H groups in total. The van der Waals surface area contributed by atoms with Crippen LogP contribution in [0.5, 0.6) is 5.75 Å². The van der Waals surface area contributed by atoms with Crippen molar-refractivity contribution in [2.24, 2.45) is 0 Å². The topological polar surface area (TPSA) is 68.5 Å². The number of pyridine rings is 1. The number of rotatable bonds is 5. The second kappa shape index (κ2) is 6.58. The van der Waals surface area contributed by atoms with E-state index in [1.165, 1.54) is 13.3 Å². The van der Waals surface area contributed by atoms with E-state index in [-0.39, 0.29) is 5.56 Å². The van der Waals surface area contributed by atoms with Crippen LogP contribution in [0.15, 0.2) is 59.5 Å². The second-order valence-corrected chi connectivity index (χ2v) is 5.49. The number of ether oxygens (including phenoxy) is 1. The summed E-state index contributed by atoms with van der Waals surface area (Å²) in [7, 11) is 1.51. The largest absolute Gasteiger partial charge is 0.497 e. The van der Waals surface area contributed by atoms with Gasteiger partial charge in [-0.1, -0.05) is 30.3 Å². The third-order valence-electron chi connectivity index (χ3n) is 4.00. The summed E-state index contributed by atoms with van der Waals surface area (Å²) in [6.45, 7) is 0.577. The number of carboxylic acid groups (broad SMARTS) is 1. The van der Waals surface area contributed by atoms with E-state index in [0.29, 0.717) is 23.2 Å². The predicted molar refractivity (Wildman–Crippen MR) is 91.9 cm³/mol. The molecule has 3 rings (SSSR count). The molecule has 0 spiro atoms. The number of carboxylic acids is 1. The van der Waals surface area contributed by atoms with Crippen molar-refractivity contribution in [1.82, 2.24) is 4.57 Å². The fourth-order valence-electron chi connectivity index (χ4n) is 2.74. The van der Waals surface area contributed by atoms with Crippen LogP contribution < -0.4 is 10.2 Å². The smallest absolute Gasteiger partial charge is 0.341 e. The first-order valence-corrected chi connectivity index (χ1v) is 7.58. The van der Waals surface area contributed by atoms with Crippen LogP contribution in [-0.4, -0.2) is 22.8 Å². The molecule has 24 heavy (non-hydrogen) atoms. The molecule has 1 aromatic heterocycles. The van der Waals surface area contributed by atoms with Gasteiger partial charge in [-0.05, 0) is 30.2 Å². The highest BCUT2D eigenvalue weighted by Crippen LogP contribution is 2.19. The highest BCUT2D eigenvalue weighted by Gasteiger charge is 2.15. The lowest BCUT2D eigenvalue weighted by Gasteiger charge is -2.13. The first-order valence-electron chi connectivity index (χ1n) is 7.58. The van der Waals surface area contributed by atoms with Gasteiger partial charge in [0.05, 0.1) is 18.0 Å². The van der Waals surface area contributed by atoms with Crippen LogP contribution in [0.4, 0.5) is 0 Å². The summed E-state index contributed by atoms with van der Waals surface area (Å²) in [5.41, 5.74) is 1.12. The molecule has 0 radical (unpaired) electrons. The minimum Gasteiger partial charge on any atom is -0.497 e. The molecule has 3 aromatic rings. The van der Waals surface area contributed by atoms with Gasteiger partial charge < -0.3 is 14.4 Å². The fraction of sp³-hybridized carbons (Fsp3) is 0.158. The lowest BCUT2D eigenvalue weighted by atomic mass is 10.1. The van der Waals surface area contributed by atoms with Crippen LogP contribution in [-0.2, 0) is 13.0 Å². The minimum atomic E-state index is -1.22. The average molecular weight is 323 g/mol. The Morgan fingerprint density at radius 2 is 1.92 bits per heavy atom. The van der Waals surface area contributed by atoms with E-state index in [0.717, 1.165) is 12.0 Å². The van der Waals surface area contributed by atoms with E-state index in [2.05, 4.69) is 0 Å². The number of aromatic nitrogens is 1. The third kappa shape index (κ3) is 3.01. The van der Waals surface area contributed by atoms with Gasteiger partial charge in [-0.3, -0.25) is 4.79 Å². The molecule has 0 bridgehead atoms. The summed E-state index contributed by atoms with van der Waals surface area (Å²) in [6, 6.07) is 15.1. The number of hydrogen-bond donors (Lipinski definition) is 1. The highest BCUT2D eigenvalue weighted by atomic mass is 16.5. The highest BCUT2D eigenvalue weighted by molar-refractivity contribution is 5.92. The van der Waals surface area contributed by atoms with Crippen LogP contribution in [0.2, 0.25) is 0 Å². The van der Waals surface area contributed by atoms with Crippen LogP contribution >= 0.6 is 0 Å². The number of aromatic carboxylic acids is 1. The van der Waals surface area contributed by atoms with Crippen molar-refractivity contribution in [2.75, 3.05) is 7.11 Å². The van der Waals surface area contributed by atoms with E-state index >= 15 is 0 Å². The summed E-state index contributed by atoms with van der Waals surface area (Å²) in [5.74, 6) is -0.699. The maximum absolute atomic E-state index is 12.4. The lowest BCUT2D eigenvalue weighted by molar-refractivity contribution is 0.0695. The summed E-state index contributed by atoms with van der Waals surface area (Å²) in [4.78, 5) is 23.8. The van der Waals surface area contributed by atoms with E-state index < -0.39 is 11.4 Å². The summed E-state index contributed by atoms with van der Waals surface area (Å²) in [5, 5.41) is 9.67. The van der Waals surface area contributed by atoms with Gasteiger partial charge >= 0.3 is 5.97 Å². The molecule has 5 heteroatoms. The quantitative estimate of drug-likeness (QED) is 0.784. The van der Waals surface area contributed by atoms with E-state index in [1.807, 2.05) is 34.9 Å². The Morgan fingerprint density at radius 1 is 1.17 bits per heavy atom. The monoisotopic (exact) mass is 323 g/mol. The summed E-state index contributed by atoms with van der Waals surface area (Å²) >= 11 is 0. The van der Waals surface area contributed by atoms with Crippen LogP contribution in [0.3, 0.4) is 0 Å². The number of carbonyl (C=O) groups is 1. The Labute approximate surface area is 138 Å². The SMILES string of the molecule is COc1ccc2c(c1)c(=O)c(C(=O)O)cn2CCc1ccccc1. The number of benzene rings is 2. The van der Waals surface area contributed by atoms with Crippen molar-refractivity contribution in [3.05, 3.63) is 76.1 Å². The number of methoxy groups -OCH3 is 1. The molecular weight excluding hydrogens is 306 g/mol. The maximum atomic E-state index is 12.4. The molecule has 0 aliphatic heterocycles. The van der Waals surface area contributed by atoms with Crippen molar-refractivity contribution < 1.29 is 14.6 Å². The molecule has 0 aliphatic carbocycles. The van der Waals surface area contributed by atoms with Gasteiger partial charge in [0.25, 0.3) is 0 Å². The predicted octanol–water partition coefficient (Wildman–Crippen LogP) is 2.95. The molecule has 1 heterocycles. The molecule has 0 fully saturated rings. The van der Waals surface area contributed by atoms with Gasteiger partial charge in [-0.15, -0.1) is 0 Å². The van der Waals surface area contributed by atoms with Crippen molar-refractivity contribution in [1.29, 1.82) is 0 Å². The van der Waals surface area contributed by atoms with Gasteiger partial charge in [0.2, 0.25) is 5.43 Å². The Hall–Kier alpha value is -3.08. The normalized spacial score (nSPS) is 10.7. The van der Waals surface area contributed by atoms with Crippen LogP contribution in [0, 0.1) is 0 Å². The van der Waals surface area contributed by atoms with Gasteiger partial charge in [0.15, 0.2) is 0 Å². The van der Waals surface area contributed by atoms with Crippen molar-refractivity contribution >= 4 is 16.9 Å². The number of hydrogen-bond acceptors (Lipinski definition) is 3. The van der Waals surface area contributed by atoms with Gasteiger partial charge in [-0.2, -0.15) is 0 Å². The van der Waals surface area contributed by atoms with E-state index in [1.54, 1.807) is 18.2 Å². The maximum Gasteiger partial charge on any atom is 0.341 e. The number of fused-ring (bicyclic) bond motifs is 1. The van der Waals surface area contributed by atoms with E-state index in [9.17, 15) is 14.7 Å². The molecule has 0 saturated carbocycles. The molecule has 0 unspecified atom stereocenters. The third-order valence-corrected chi connectivity index (χ3v) is 4.00. The molecule has 0 aliphatic rings. The molecule has 0 atom stereocenters. The molecule has 122 valence electrons. The van der Waals surface area contributed by atoms with Gasteiger partial charge in [0, 0.05) is 12.7 Å². The molecule has 5 nitrogen and oxygen atoms in total. The van der Waals surface area contributed by atoms with Crippen molar-refractivity contribution in [3.8, 4) is 5.75 Å². The van der Waals surface area contributed by atoms with Gasteiger partial charge in [0.1, 0.15) is 11.3 Å². The zero-order valence-electron chi connectivity index (χ0n) is 13.2. The standard InChI is InChI=1S/C19H17NO4/c1-24-14-7-8-17-15(11-14)18(21)16(19(22)23)12-20(17)10-9-13-5-3-2-4-6-13/h2-8,11-12H,9-10H2,1H3,(H,22,23). The molecule has 0 saturated heterocycles. The van der Waals surface area contributed by atoms with E-state index in [4.69, 9.17) is 4.74 Å². The molecule has 0 amide bonds. The zero-order valence-corrected chi connectivity index (χ0v) is 13.2. The first-order chi connectivity index (χ1) is 11.6. The van der Waals surface area contributed by atoms with Crippen LogP contribution in [0.1, 0.15) is 15.9 Å². The summed E-state index contributed by atoms with van der Waals surface area (Å²) < 4.78 is 6.96. The Kier molecular flexibility index (Phi) is 4.33. The van der Waals surface area contributed by atoms with Gasteiger partial charge in [-0.25, -0.2) is 4.79 Å². The molecule has 2 aromatic carbocycles. The summed E-state index contributed by atoms with van der Waals surface area (Å²) in [6.07, 6.45) is 2.16. The second-order valence-electron chi connectivity index (χ2n) is 5.49. The Morgan fingerprint density at radius 3 is 2.58 bits per heavy atom. The Bertz CT molecular complexity index is 945. The number of nitrogens with zero attached hydrogens (tertiary/aromatic N) is 1. The molecular formula is C19H17NO4. The Balaban J connectivity index is 2.10. The minimum absolute atomic E-state index is 0.233. The van der Waals surface area contributed by atoms with Crippen molar-refractivity contribution in [2.45, 2.75) is 13.0 Å². The van der Waals surface area contributed by atoms with Crippen LogP contribution in [0.25, 0.3) is 10.9 Å². The van der Waals surface area contributed by atoms with Crippen molar-refractivity contribution in [3.63, 3.8) is 0 Å². The number of aryl methyl sites for hydroxylation is 2. The zero-order chi connectivity index (χ0) is 17.1. The lowest BCUT2D eigenvalue weighted by Crippen LogP contribution is -2.19.